The molecule has 0 spiro atoms. The average molecular weight is 591 g/mol. The molecule has 5 aliphatic rings. The van der Waals surface area contributed by atoms with E-state index in [-0.39, 0.29) is 12.8 Å². The number of amides is 2. The standard InChI is InChI=1S/C26H26N2O10S2/c1-13(29)37-19-5-7-35-11-17-9-25(39-15(3)31)24(34)28-22-18(12-36-8-6-20(22)38-14(2)30)10-26(28,40-16(4)32)23(33)27(25)21(17)19/h5-8,11-12,19-22H,9-10H2,1-4H3/t19?,20?,21?,22?,25-,26-/m1/s1. The van der Waals surface area contributed by atoms with E-state index < -0.39 is 68.0 Å². The quantitative estimate of drug-likeness (QED) is 0.441. The Morgan fingerprint density at radius 3 is 1.45 bits per heavy atom. The van der Waals surface area contributed by atoms with Crippen molar-refractivity contribution >= 4 is 57.5 Å². The van der Waals surface area contributed by atoms with Crippen molar-refractivity contribution in [1.29, 1.82) is 0 Å². The Morgan fingerprint density at radius 2 is 1.12 bits per heavy atom. The zero-order valence-corrected chi connectivity index (χ0v) is 23.6. The molecule has 14 heteroatoms. The molecule has 0 aromatic carbocycles. The lowest BCUT2D eigenvalue weighted by molar-refractivity contribution is -0.171. The van der Waals surface area contributed by atoms with E-state index in [4.69, 9.17) is 18.9 Å². The minimum absolute atomic E-state index is 0.112. The van der Waals surface area contributed by atoms with Gasteiger partial charge in [-0.2, -0.15) is 0 Å². The van der Waals surface area contributed by atoms with Crippen molar-refractivity contribution in [3.8, 4) is 0 Å². The minimum atomic E-state index is -1.79. The summed E-state index contributed by atoms with van der Waals surface area (Å²) in [6.45, 7) is 4.99. The fourth-order valence-electron chi connectivity index (χ4n) is 6.00. The second kappa shape index (κ2) is 10.1. The van der Waals surface area contributed by atoms with Crippen LogP contribution in [0.3, 0.4) is 0 Å². The van der Waals surface area contributed by atoms with Crippen LogP contribution in [-0.2, 0) is 47.7 Å². The van der Waals surface area contributed by atoms with Crippen molar-refractivity contribution in [2.45, 2.75) is 74.6 Å². The number of thioether (sulfide) groups is 2. The lowest BCUT2D eigenvalue weighted by Crippen LogP contribution is -2.75. The Balaban J connectivity index is 1.74. The van der Waals surface area contributed by atoms with Crippen LogP contribution in [0.5, 0.6) is 0 Å². The highest BCUT2D eigenvalue weighted by atomic mass is 32.2. The smallest absolute Gasteiger partial charge is 0.303 e. The van der Waals surface area contributed by atoms with Gasteiger partial charge in [-0.1, -0.05) is 0 Å². The first-order chi connectivity index (χ1) is 18.9. The first kappa shape index (κ1) is 28.0. The number of ether oxygens (including phenoxy) is 4. The molecule has 3 fully saturated rings. The molecule has 0 bridgehead atoms. The highest BCUT2D eigenvalue weighted by Gasteiger charge is 2.74. The van der Waals surface area contributed by atoms with Crippen LogP contribution in [0.15, 0.2) is 48.3 Å². The fraction of sp³-hybridized carbons (Fsp3) is 0.462. The van der Waals surface area contributed by atoms with Gasteiger partial charge in [0, 0.05) is 40.5 Å². The van der Waals surface area contributed by atoms with Crippen molar-refractivity contribution in [3.05, 3.63) is 48.3 Å². The van der Waals surface area contributed by atoms with Gasteiger partial charge in [-0.3, -0.25) is 28.8 Å². The van der Waals surface area contributed by atoms with Gasteiger partial charge in [0.15, 0.2) is 20.0 Å². The van der Waals surface area contributed by atoms with Gasteiger partial charge in [-0.05, 0) is 46.8 Å². The van der Waals surface area contributed by atoms with Crippen LogP contribution in [0.2, 0.25) is 0 Å². The van der Waals surface area contributed by atoms with Gasteiger partial charge >= 0.3 is 11.9 Å². The predicted molar refractivity (Wildman–Crippen MR) is 140 cm³/mol. The lowest BCUT2D eigenvalue weighted by atomic mass is 10.0. The second-order valence-electron chi connectivity index (χ2n) is 9.81. The molecule has 212 valence electrons. The lowest BCUT2D eigenvalue weighted by Gasteiger charge is -2.53. The van der Waals surface area contributed by atoms with Crippen LogP contribution in [0.4, 0.5) is 0 Å². The van der Waals surface area contributed by atoms with E-state index in [9.17, 15) is 28.8 Å². The van der Waals surface area contributed by atoms with Crippen molar-refractivity contribution in [2.75, 3.05) is 0 Å². The van der Waals surface area contributed by atoms with Crippen LogP contribution < -0.4 is 0 Å². The van der Waals surface area contributed by atoms with E-state index in [1.54, 1.807) is 0 Å². The SMILES string of the molecule is CC(=O)OC1C=COC=C2C[C@@]3(SC(C)=O)C(=O)N4C5C(=COC=CC5OC(C)=O)C[C@@]4(SC(C)=O)C(=O)N3C21. The van der Waals surface area contributed by atoms with Crippen LogP contribution >= 0.6 is 23.5 Å². The molecule has 0 aliphatic carbocycles. The summed E-state index contributed by atoms with van der Waals surface area (Å²) in [7, 11) is 0. The van der Waals surface area contributed by atoms with Crippen molar-refractivity contribution in [3.63, 3.8) is 0 Å². The molecule has 0 N–H and O–H groups in total. The third-order valence-corrected chi connectivity index (χ3v) is 9.35. The molecular formula is C26H26N2O10S2. The van der Waals surface area contributed by atoms with E-state index in [2.05, 4.69) is 0 Å². The number of carbonyl (C=O) groups is 6. The monoisotopic (exact) mass is 590 g/mol. The van der Waals surface area contributed by atoms with Gasteiger partial charge in [-0.25, -0.2) is 0 Å². The van der Waals surface area contributed by atoms with Crippen LogP contribution in [0.25, 0.3) is 0 Å². The van der Waals surface area contributed by atoms with E-state index in [1.165, 1.54) is 74.7 Å². The summed E-state index contributed by atoms with van der Waals surface area (Å²) in [5.74, 6) is -2.53. The molecule has 0 radical (unpaired) electrons. The highest BCUT2D eigenvalue weighted by Crippen LogP contribution is 2.60. The van der Waals surface area contributed by atoms with Crippen LogP contribution in [-0.4, -0.2) is 77.8 Å². The number of nitrogens with zero attached hydrogens (tertiary/aromatic N) is 2. The molecule has 6 atom stereocenters. The molecule has 5 aliphatic heterocycles. The number of carbonyl (C=O) groups excluding carboxylic acids is 6. The first-order valence-corrected chi connectivity index (χ1v) is 14.0. The Morgan fingerprint density at radius 1 is 0.750 bits per heavy atom. The Bertz CT molecular complexity index is 1240. The van der Waals surface area contributed by atoms with Crippen molar-refractivity contribution in [2.24, 2.45) is 0 Å². The zero-order valence-electron chi connectivity index (χ0n) is 22.0. The molecule has 2 amide bonds. The van der Waals surface area contributed by atoms with E-state index in [0.717, 1.165) is 0 Å². The van der Waals surface area contributed by atoms with Crippen LogP contribution in [0, 0.1) is 0 Å². The zero-order chi connectivity index (χ0) is 29.0. The van der Waals surface area contributed by atoms with E-state index >= 15 is 0 Å². The maximum absolute atomic E-state index is 14.8. The third kappa shape index (κ3) is 4.33. The van der Waals surface area contributed by atoms with Gasteiger partial charge in [0.1, 0.15) is 12.2 Å². The van der Waals surface area contributed by atoms with E-state index in [1.807, 2.05) is 0 Å². The summed E-state index contributed by atoms with van der Waals surface area (Å²) in [5, 5.41) is -0.878. The first-order valence-electron chi connectivity index (χ1n) is 12.3. The summed E-state index contributed by atoms with van der Waals surface area (Å²) in [6.07, 6.45) is 5.99. The number of piperazine rings is 1. The van der Waals surface area contributed by atoms with E-state index in [0.29, 0.717) is 34.7 Å². The summed E-state index contributed by atoms with van der Waals surface area (Å²) in [5.41, 5.74) is 0.902. The third-order valence-electron chi connectivity index (χ3n) is 7.07. The molecule has 3 saturated heterocycles. The predicted octanol–water partition coefficient (Wildman–Crippen LogP) is 1.87. The molecule has 40 heavy (non-hydrogen) atoms. The Labute approximate surface area is 237 Å². The minimum Gasteiger partial charge on any atom is -0.473 e. The molecule has 4 unspecified atom stereocenters. The molecule has 5 rings (SSSR count). The number of hydrogen-bond donors (Lipinski definition) is 0. The summed E-state index contributed by atoms with van der Waals surface area (Å²) in [6, 6.07) is -1.98. The Kier molecular flexibility index (Phi) is 7.11. The second-order valence-corrected chi connectivity index (χ2v) is 12.7. The van der Waals surface area contributed by atoms with Gasteiger partial charge in [0.05, 0.1) is 37.1 Å². The largest absolute Gasteiger partial charge is 0.473 e. The summed E-state index contributed by atoms with van der Waals surface area (Å²) >= 11 is 1.34. The number of hydrogen-bond acceptors (Lipinski definition) is 12. The fourth-order valence-corrected chi connectivity index (χ4v) is 8.39. The molecule has 0 saturated carbocycles. The Hall–Kier alpha value is -3.52. The maximum Gasteiger partial charge on any atom is 0.303 e. The summed E-state index contributed by atoms with van der Waals surface area (Å²) < 4.78 is 22.0. The number of rotatable bonds is 4. The topological polar surface area (TPSA) is 146 Å². The average Bonchev–Trinajstić information content (AvgIpc) is 3.18. The summed E-state index contributed by atoms with van der Waals surface area (Å²) in [4.78, 5) is 78.0. The normalized spacial score (nSPS) is 33.6. The van der Waals surface area contributed by atoms with Gasteiger partial charge in [-0.15, -0.1) is 0 Å². The number of esters is 2. The van der Waals surface area contributed by atoms with Gasteiger partial charge < -0.3 is 28.7 Å². The molecule has 0 aromatic heterocycles. The maximum atomic E-state index is 14.8. The number of fused-ring (bicyclic) bond motifs is 6. The highest BCUT2D eigenvalue weighted by molar-refractivity contribution is 8.16. The molecule has 12 nitrogen and oxygen atoms in total. The molecular weight excluding hydrogens is 564 g/mol. The van der Waals surface area contributed by atoms with Gasteiger partial charge in [0.25, 0.3) is 11.8 Å². The van der Waals surface area contributed by atoms with Crippen molar-refractivity contribution in [1.82, 2.24) is 9.80 Å². The van der Waals surface area contributed by atoms with Gasteiger partial charge in [0.2, 0.25) is 0 Å². The van der Waals surface area contributed by atoms with Crippen LogP contribution in [0.1, 0.15) is 40.5 Å². The molecule has 5 heterocycles. The molecule has 0 aromatic rings. The van der Waals surface area contributed by atoms with Crippen molar-refractivity contribution < 1.29 is 47.7 Å².